The summed E-state index contributed by atoms with van der Waals surface area (Å²) in [5, 5.41) is 3.27. The van der Waals surface area contributed by atoms with Gasteiger partial charge in [0.05, 0.1) is 5.92 Å². The molecule has 0 radical (unpaired) electrons. The van der Waals surface area contributed by atoms with Crippen LogP contribution in [0.25, 0.3) is 0 Å². The van der Waals surface area contributed by atoms with Gasteiger partial charge in [-0.1, -0.05) is 44.2 Å². The number of rotatable bonds is 6. The van der Waals surface area contributed by atoms with Crippen LogP contribution in [-0.2, 0) is 4.79 Å². The van der Waals surface area contributed by atoms with Gasteiger partial charge in [0.25, 0.3) is 0 Å². The molecule has 3 nitrogen and oxygen atoms in total. The van der Waals surface area contributed by atoms with Gasteiger partial charge in [-0.2, -0.15) is 0 Å². The zero-order valence-electron chi connectivity index (χ0n) is 13.3. The van der Waals surface area contributed by atoms with Crippen LogP contribution in [-0.4, -0.2) is 36.5 Å². The molecule has 1 aromatic rings. The molecule has 1 atom stereocenters. The lowest BCUT2D eigenvalue weighted by Crippen LogP contribution is -2.46. The predicted molar refractivity (Wildman–Crippen MR) is 87.4 cm³/mol. The fraction of sp³-hybridized carbons (Fsp3) is 0.611. The van der Waals surface area contributed by atoms with Crippen LogP contribution in [0.2, 0.25) is 0 Å². The summed E-state index contributed by atoms with van der Waals surface area (Å²) in [5.41, 5.74) is 1.13. The second-order valence-electron chi connectivity index (χ2n) is 6.00. The lowest BCUT2D eigenvalue weighted by molar-refractivity contribution is -0.123. The molecule has 1 amide bonds. The molecule has 0 aromatic heterocycles. The minimum absolute atomic E-state index is 0.0140. The number of nitrogens with one attached hydrogen (secondary N) is 1. The van der Waals surface area contributed by atoms with E-state index in [1.165, 1.54) is 13.0 Å². The number of benzene rings is 1. The van der Waals surface area contributed by atoms with Crippen molar-refractivity contribution in [2.24, 2.45) is 0 Å². The molecule has 1 heterocycles. The largest absolute Gasteiger partial charge is 0.353 e. The molecule has 0 bridgehead atoms. The molecule has 0 saturated carbocycles. The third kappa shape index (κ3) is 4.57. The number of hydrogen-bond acceptors (Lipinski definition) is 2. The Morgan fingerprint density at radius 3 is 2.48 bits per heavy atom. The van der Waals surface area contributed by atoms with Gasteiger partial charge in [0.2, 0.25) is 5.91 Å². The van der Waals surface area contributed by atoms with Gasteiger partial charge in [0.15, 0.2) is 0 Å². The molecule has 3 heteroatoms. The maximum atomic E-state index is 12.5. The van der Waals surface area contributed by atoms with Crippen LogP contribution in [0.4, 0.5) is 0 Å². The van der Waals surface area contributed by atoms with E-state index in [4.69, 9.17) is 0 Å². The van der Waals surface area contributed by atoms with Gasteiger partial charge in [-0.05, 0) is 37.8 Å². The number of hydrogen-bond donors (Lipinski definition) is 1. The number of nitrogens with zero attached hydrogens (tertiary/aromatic N) is 1. The Hall–Kier alpha value is -1.35. The monoisotopic (exact) mass is 288 g/mol. The summed E-state index contributed by atoms with van der Waals surface area (Å²) in [6, 6.07) is 10.5. The third-order valence-corrected chi connectivity index (χ3v) is 4.40. The van der Waals surface area contributed by atoms with Crippen molar-refractivity contribution in [3.05, 3.63) is 35.9 Å². The first-order valence-corrected chi connectivity index (χ1v) is 8.32. The van der Waals surface area contributed by atoms with Crippen LogP contribution in [0.3, 0.4) is 0 Å². The molecule has 1 saturated heterocycles. The summed E-state index contributed by atoms with van der Waals surface area (Å²) in [7, 11) is 0. The summed E-state index contributed by atoms with van der Waals surface area (Å²) < 4.78 is 0. The average Bonchev–Trinajstić information content (AvgIpc) is 2.51. The number of likely N-dealkylation sites (tertiary alicyclic amines) is 1. The highest BCUT2D eigenvalue weighted by atomic mass is 16.1. The topological polar surface area (TPSA) is 32.3 Å². The van der Waals surface area contributed by atoms with Crippen molar-refractivity contribution >= 4 is 5.91 Å². The second kappa shape index (κ2) is 8.18. The van der Waals surface area contributed by atoms with Crippen LogP contribution >= 0.6 is 0 Å². The zero-order chi connectivity index (χ0) is 15.1. The Morgan fingerprint density at radius 2 is 1.90 bits per heavy atom. The molecule has 1 aliphatic rings. The Kier molecular flexibility index (Phi) is 6.24. The highest BCUT2D eigenvalue weighted by Gasteiger charge is 2.24. The van der Waals surface area contributed by atoms with Crippen molar-refractivity contribution in [3.63, 3.8) is 0 Å². The number of amides is 1. The van der Waals surface area contributed by atoms with Gasteiger partial charge in [-0.15, -0.1) is 0 Å². The van der Waals surface area contributed by atoms with E-state index in [1.807, 2.05) is 18.2 Å². The van der Waals surface area contributed by atoms with Crippen molar-refractivity contribution in [1.82, 2.24) is 10.2 Å². The van der Waals surface area contributed by atoms with Gasteiger partial charge < -0.3 is 10.2 Å². The summed E-state index contributed by atoms with van der Waals surface area (Å²) in [6.45, 7) is 7.71. The van der Waals surface area contributed by atoms with Crippen LogP contribution < -0.4 is 5.32 Å². The number of carbonyl (C=O) groups excluding carboxylic acids is 1. The Morgan fingerprint density at radius 1 is 1.24 bits per heavy atom. The minimum atomic E-state index is -0.0140. The molecule has 116 valence electrons. The predicted octanol–water partition coefficient (Wildman–Crippen LogP) is 3.17. The number of piperidine rings is 1. The van der Waals surface area contributed by atoms with E-state index < -0.39 is 0 Å². The molecule has 0 aliphatic carbocycles. The summed E-state index contributed by atoms with van der Waals surface area (Å²) in [4.78, 5) is 15.0. The molecule has 21 heavy (non-hydrogen) atoms. The van der Waals surface area contributed by atoms with E-state index in [0.29, 0.717) is 6.04 Å². The first-order chi connectivity index (χ1) is 10.2. The van der Waals surface area contributed by atoms with Crippen LogP contribution in [0.5, 0.6) is 0 Å². The minimum Gasteiger partial charge on any atom is -0.353 e. The van der Waals surface area contributed by atoms with Crippen molar-refractivity contribution < 1.29 is 4.79 Å². The maximum Gasteiger partial charge on any atom is 0.227 e. The fourth-order valence-electron chi connectivity index (χ4n) is 3.18. The third-order valence-electron chi connectivity index (χ3n) is 4.40. The van der Waals surface area contributed by atoms with Crippen molar-refractivity contribution in [1.29, 1.82) is 0 Å². The van der Waals surface area contributed by atoms with Gasteiger partial charge in [0, 0.05) is 19.1 Å². The van der Waals surface area contributed by atoms with Gasteiger partial charge >= 0.3 is 0 Å². The molecule has 2 rings (SSSR count). The first kappa shape index (κ1) is 16.0. The van der Waals surface area contributed by atoms with Gasteiger partial charge in [-0.25, -0.2) is 0 Å². The van der Waals surface area contributed by atoms with E-state index in [-0.39, 0.29) is 11.8 Å². The standard InChI is InChI=1S/C18H28N2O/c1-3-12-20-13-10-16(11-14-20)19-18(21)17(4-2)15-8-6-5-7-9-15/h5-9,16-17H,3-4,10-14H2,1-2H3,(H,19,21)/t17-/m1/s1. The van der Waals surface area contributed by atoms with E-state index >= 15 is 0 Å². The van der Waals surface area contributed by atoms with E-state index in [0.717, 1.165) is 37.9 Å². The normalized spacial score (nSPS) is 18.4. The Labute approximate surface area is 128 Å². The molecule has 0 unspecified atom stereocenters. The lowest BCUT2D eigenvalue weighted by atomic mass is 9.94. The Balaban J connectivity index is 1.86. The van der Waals surface area contributed by atoms with Crippen LogP contribution in [0.1, 0.15) is 51.0 Å². The van der Waals surface area contributed by atoms with E-state index in [9.17, 15) is 4.79 Å². The fourth-order valence-corrected chi connectivity index (χ4v) is 3.18. The smallest absolute Gasteiger partial charge is 0.227 e. The molecular formula is C18H28N2O. The average molecular weight is 288 g/mol. The van der Waals surface area contributed by atoms with Crippen molar-refractivity contribution in [2.45, 2.75) is 51.5 Å². The summed E-state index contributed by atoms with van der Waals surface area (Å²) in [5.74, 6) is 0.178. The van der Waals surface area contributed by atoms with Gasteiger partial charge in [0.1, 0.15) is 0 Å². The molecule has 1 N–H and O–H groups in total. The summed E-state index contributed by atoms with van der Waals surface area (Å²) in [6.07, 6.45) is 4.22. The quantitative estimate of drug-likeness (QED) is 0.872. The molecule has 1 aromatic carbocycles. The van der Waals surface area contributed by atoms with E-state index in [1.54, 1.807) is 0 Å². The Bertz CT molecular complexity index is 424. The molecule has 1 fully saturated rings. The van der Waals surface area contributed by atoms with E-state index in [2.05, 4.69) is 36.2 Å². The highest BCUT2D eigenvalue weighted by molar-refractivity contribution is 5.83. The maximum absolute atomic E-state index is 12.5. The van der Waals surface area contributed by atoms with Crippen LogP contribution in [0.15, 0.2) is 30.3 Å². The first-order valence-electron chi connectivity index (χ1n) is 8.32. The SMILES string of the molecule is CCCN1CCC(NC(=O)[C@H](CC)c2ccccc2)CC1. The zero-order valence-corrected chi connectivity index (χ0v) is 13.3. The van der Waals surface area contributed by atoms with Crippen molar-refractivity contribution in [2.75, 3.05) is 19.6 Å². The molecule has 0 spiro atoms. The summed E-state index contributed by atoms with van der Waals surface area (Å²) >= 11 is 0. The highest BCUT2D eigenvalue weighted by Crippen LogP contribution is 2.20. The van der Waals surface area contributed by atoms with Crippen LogP contribution in [0, 0.1) is 0 Å². The van der Waals surface area contributed by atoms with Gasteiger partial charge in [-0.3, -0.25) is 4.79 Å². The lowest BCUT2D eigenvalue weighted by Gasteiger charge is -2.32. The number of carbonyl (C=O) groups is 1. The van der Waals surface area contributed by atoms with Crippen molar-refractivity contribution in [3.8, 4) is 0 Å². The second-order valence-corrected chi connectivity index (χ2v) is 6.00. The molecule has 1 aliphatic heterocycles. The molecular weight excluding hydrogens is 260 g/mol.